The van der Waals surface area contributed by atoms with Gasteiger partial charge in [-0.3, -0.25) is 4.68 Å². The molecule has 0 amide bonds. The minimum atomic E-state index is -4.69. The first-order valence-electron chi connectivity index (χ1n) is 9.07. The van der Waals surface area contributed by atoms with Crippen LogP contribution in [0.4, 0.5) is 0 Å². The molecule has 3 aliphatic rings. The number of aromatic nitrogens is 2. The predicted octanol–water partition coefficient (Wildman–Crippen LogP) is -1.07. The summed E-state index contributed by atoms with van der Waals surface area (Å²) in [6, 6.07) is 8.23. The van der Waals surface area contributed by atoms with Crippen molar-refractivity contribution >= 4 is 16.6 Å². The molecule has 29 heavy (non-hydrogen) atoms. The monoisotopic (exact) mass is 421 g/mol. The number of nitrogens with two attached hydrogens (primary N) is 2. The van der Waals surface area contributed by atoms with Gasteiger partial charge in [0.15, 0.2) is 0 Å². The van der Waals surface area contributed by atoms with Gasteiger partial charge >= 0.3 is 0 Å². The van der Waals surface area contributed by atoms with Gasteiger partial charge in [0.25, 0.3) is 0 Å². The van der Waals surface area contributed by atoms with Crippen molar-refractivity contribution in [1.29, 1.82) is 0 Å². The molecule has 0 fully saturated rings. The molecule has 0 saturated carbocycles. The molecule has 0 radical (unpaired) electrons. The molecule has 0 bridgehead atoms. The third-order valence-corrected chi connectivity index (χ3v) is 5.11. The highest BCUT2D eigenvalue weighted by atomic mass is 35.7. The Hall–Kier alpha value is -2.43. The topological polar surface area (TPSA) is 172 Å². The highest BCUT2D eigenvalue weighted by Gasteiger charge is 2.36. The zero-order chi connectivity index (χ0) is 21.6. The number of rotatable bonds is 1. The third kappa shape index (κ3) is 4.14. The summed E-state index contributed by atoms with van der Waals surface area (Å²) < 4.78 is 34.6. The van der Waals surface area contributed by atoms with Gasteiger partial charge in [-0.05, 0) is 30.7 Å². The van der Waals surface area contributed by atoms with E-state index in [2.05, 4.69) is 31.9 Å². The number of pyridine rings is 1. The molecule has 9 nitrogen and oxygen atoms in total. The maximum Gasteiger partial charge on any atom is 0.0844 e. The average Bonchev–Trinajstić information content (AvgIpc) is 2.98. The summed E-state index contributed by atoms with van der Waals surface area (Å²) >= 11 is 0. The zero-order valence-corrected chi connectivity index (χ0v) is 17.2. The summed E-state index contributed by atoms with van der Waals surface area (Å²) in [5.74, 6) is 12.3. The van der Waals surface area contributed by atoms with Gasteiger partial charge in [-0.2, -0.15) is 19.1 Å². The number of hydrazone groups is 1. The highest BCUT2D eigenvalue weighted by Crippen LogP contribution is 2.43. The lowest BCUT2D eigenvalue weighted by molar-refractivity contribution is -1.92. The molecular formula is C19H24ClN5O4. The zero-order valence-electron chi connectivity index (χ0n) is 16.5. The number of fused-ring (bicyclic) bond motifs is 5. The maximum absolute atomic E-state index is 8.60. The first-order valence-corrected chi connectivity index (χ1v) is 10.3. The van der Waals surface area contributed by atoms with Crippen LogP contribution in [0.15, 0.2) is 29.4 Å². The minimum absolute atomic E-state index is 0.0804. The van der Waals surface area contributed by atoms with Crippen LogP contribution in [-0.2, 0) is 12.8 Å². The van der Waals surface area contributed by atoms with Gasteiger partial charge in [-0.25, -0.2) is 4.98 Å². The molecule has 1 aromatic rings. The van der Waals surface area contributed by atoms with E-state index in [4.69, 9.17) is 35.3 Å². The van der Waals surface area contributed by atoms with Gasteiger partial charge in [0.05, 0.1) is 37.5 Å². The summed E-state index contributed by atoms with van der Waals surface area (Å²) in [6.45, 7) is 6.59. The summed E-state index contributed by atoms with van der Waals surface area (Å²) in [6.07, 6.45) is 2.58. The fourth-order valence-corrected chi connectivity index (χ4v) is 4.09. The van der Waals surface area contributed by atoms with Crippen molar-refractivity contribution in [3.63, 3.8) is 0 Å². The molecule has 1 aromatic carbocycles. The Labute approximate surface area is 170 Å². The van der Waals surface area contributed by atoms with Crippen LogP contribution in [0.2, 0.25) is 0 Å². The van der Waals surface area contributed by atoms with Crippen molar-refractivity contribution in [2.75, 3.05) is 5.84 Å². The van der Waals surface area contributed by atoms with E-state index in [1.165, 1.54) is 0 Å². The normalized spacial score (nSPS) is 17.3. The molecular weight excluding hydrogens is 398 g/mol. The van der Waals surface area contributed by atoms with E-state index >= 15 is 0 Å². The van der Waals surface area contributed by atoms with Crippen molar-refractivity contribution in [3.8, 4) is 11.3 Å². The Morgan fingerprint density at radius 1 is 1.21 bits per heavy atom. The van der Waals surface area contributed by atoms with Gasteiger partial charge in [-0.1, -0.05) is 39.0 Å². The van der Waals surface area contributed by atoms with Crippen molar-refractivity contribution < 1.29 is 28.9 Å². The Morgan fingerprint density at radius 2 is 1.83 bits per heavy atom. The van der Waals surface area contributed by atoms with Gasteiger partial charge in [0.1, 0.15) is 0 Å². The lowest BCUT2D eigenvalue weighted by Crippen LogP contribution is -2.58. The maximum atomic E-state index is 8.60. The predicted molar refractivity (Wildman–Crippen MR) is 101 cm³/mol. The van der Waals surface area contributed by atoms with E-state index in [1.807, 2.05) is 22.9 Å². The second kappa shape index (κ2) is 7.43. The summed E-state index contributed by atoms with van der Waals surface area (Å²) in [5.41, 5.74) is 7.33. The van der Waals surface area contributed by atoms with E-state index < -0.39 is 10.2 Å². The van der Waals surface area contributed by atoms with Crippen LogP contribution in [0.1, 0.15) is 44.1 Å². The summed E-state index contributed by atoms with van der Waals surface area (Å²) in [7, 11) is -4.69. The second-order valence-electron chi connectivity index (χ2n) is 7.83. The molecule has 0 spiro atoms. The van der Waals surface area contributed by atoms with Gasteiger partial charge in [0.2, 0.25) is 0 Å². The quantitative estimate of drug-likeness (QED) is 0.331. The lowest BCUT2D eigenvalue weighted by atomic mass is 9.74. The molecule has 156 valence electrons. The van der Waals surface area contributed by atoms with E-state index in [-0.39, 0.29) is 5.41 Å². The average molecular weight is 422 g/mol. The van der Waals surface area contributed by atoms with Gasteiger partial charge < -0.3 is 11.7 Å². The molecule has 0 atom stereocenters. The fourth-order valence-electron chi connectivity index (χ4n) is 4.09. The number of nitrogen functional groups attached to an aromatic ring is 1. The molecule has 0 saturated heterocycles. The molecule has 5 N–H and O–H groups in total. The number of hydrogen-bond acceptors (Lipinski definition) is 8. The first kappa shape index (κ1) is 21.3. The number of hydrogen-bond donors (Lipinski definition) is 3. The third-order valence-electron chi connectivity index (χ3n) is 5.11. The standard InChI is InChI=1S/C19H23N5.ClHO4/c1-4-14-16-11-7-5-6-8-12(11)22-18(16)17-13(23-20)9-19(2,3)10-15(17)24(14)21;2-1(3,4)5/h5-8H,4,9-10,20-21H2,1-3H3;(H,2,3,4,5)/b23-13+;. The lowest BCUT2D eigenvalue weighted by Gasteiger charge is -2.35. The number of para-hydroxylation sites is 1. The van der Waals surface area contributed by atoms with E-state index in [0.717, 1.165) is 64.1 Å². The minimum Gasteiger partial charge on any atom is -0.339 e. The van der Waals surface area contributed by atoms with Crippen molar-refractivity contribution in [2.24, 2.45) is 16.4 Å². The van der Waals surface area contributed by atoms with Crippen LogP contribution < -0.4 is 25.7 Å². The van der Waals surface area contributed by atoms with Crippen LogP contribution in [0.5, 0.6) is 0 Å². The number of nitrogens with zero attached hydrogens (tertiary/aromatic N) is 3. The fraction of sp³-hybridized carbons (Fsp3) is 0.368. The Kier molecular flexibility index (Phi) is 5.46. The largest absolute Gasteiger partial charge is 0.339 e. The molecule has 2 aliphatic heterocycles. The Bertz CT molecular complexity index is 1050. The van der Waals surface area contributed by atoms with Gasteiger partial charge in [0, 0.05) is 22.2 Å². The van der Waals surface area contributed by atoms with E-state index in [1.54, 1.807) is 0 Å². The van der Waals surface area contributed by atoms with Crippen LogP contribution in [0, 0.1) is 15.7 Å². The van der Waals surface area contributed by atoms with Crippen molar-refractivity contribution in [2.45, 2.75) is 40.0 Å². The molecule has 1 aliphatic carbocycles. The first-order chi connectivity index (χ1) is 13.5. The molecule has 0 unspecified atom stereocenters. The molecule has 2 heterocycles. The summed E-state index contributed by atoms with van der Waals surface area (Å²) in [5, 5.41) is 5.26. The van der Waals surface area contributed by atoms with Crippen LogP contribution in [-0.4, -0.2) is 20.0 Å². The smallest absolute Gasteiger partial charge is 0.0844 e. The van der Waals surface area contributed by atoms with Crippen molar-refractivity contribution in [3.05, 3.63) is 41.2 Å². The van der Waals surface area contributed by atoms with E-state index in [0.29, 0.717) is 0 Å². The Morgan fingerprint density at radius 3 is 2.41 bits per heavy atom. The molecule has 0 aromatic heterocycles. The van der Waals surface area contributed by atoms with Crippen LogP contribution >= 0.6 is 0 Å². The second-order valence-corrected chi connectivity index (χ2v) is 8.63. The molecule has 10 heteroatoms. The van der Waals surface area contributed by atoms with Gasteiger partial charge in [-0.15, -0.1) is 0 Å². The van der Waals surface area contributed by atoms with Crippen LogP contribution in [0.25, 0.3) is 22.2 Å². The Balaban J connectivity index is 0.000000431. The van der Waals surface area contributed by atoms with Crippen LogP contribution in [0.3, 0.4) is 0 Å². The van der Waals surface area contributed by atoms with Crippen molar-refractivity contribution in [1.82, 2.24) is 9.66 Å². The number of halogens is 1. The SMILES string of the molecule is CCc1c2c3ccccc3nc-2c2c(n1N)CC(C)(C)C/C2=N\N.[O-][Cl+3]([O-])([O-])O. The number of benzene rings is 1. The molecule has 4 rings (SSSR count). The highest BCUT2D eigenvalue weighted by molar-refractivity contribution is 6.12. The van der Waals surface area contributed by atoms with E-state index in [9.17, 15) is 0 Å². The summed E-state index contributed by atoms with van der Waals surface area (Å²) in [4.78, 5) is 4.92.